The van der Waals surface area contributed by atoms with E-state index in [2.05, 4.69) is 0 Å². The molecule has 0 saturated heterocycles. The number of aryl methyl sites for hydroxylation is 1. The summed E-state index contributed by atoms with van der Waals surface area (Å²) >= 11 is 0. The van der Waals surface area contributed by atoms with Crippen molar-refractivity contribution in [3.63, 3.8) is 0 Å². The number of benzene rings is 2. The summed E-state index contributed by atoms with van der Waals surface area (Å²) in [6.07, 6.45) is 0.253. The maximum absolute atomic E-state index is 14.3. The molecule has 0 aliphatic heterocycles. The van der Waals surface area contributed by atoms with Gasteiger partial charge in [0.1, 0.15) is 17.5 Å². The highest BCUT2D eigenvalue weighted by Crippen LogP contribution is 2.64. The van der Waals surface area contributed by atoms with Crippen molar-refractivity contribution in [3.8, 4) is 16.9 Å². The number of aromatic hydroxyl groups is 1. The minimum atomic E-state index is -2.69. The summed E-state index contributed by atoms with van der Waals surface area (Å²) in [4.78, 5) is 68.2. The van der Waals surface area contributed by atoms with E-state index in [1.807, 2.05) is 31.2 Å². The Balaban J connectivity index is 1.74. The number of Topliss-reactive ketones (excluding diaryl/α,β-unsaturated/α-hetero) is 5. The summed E-state index contributed by atoms with van der Waals surface area (Å²) in [5.74, 6) is -8.85. The van der Waals surface area contributed by atoms with E-state index >= 15 is 0 Å². The predicted octanol–water partition coefficient (Wildman–Crippen LogP) is 4.07. The van der Waals surface area contributed by atoms with E-state index in [9.17, 15) is 34.2 Å². The molecule has 3 unspecified atom stereocenters. The number of phenols is 1. The van der Waals surface area contributed by atoms with Crippen LogP contribution in [0.25, 0.3) is 11.1 Å². The van der Waals surface area contributed by atoms with Crippen molar-refractivity contribution < 1.29 is 34.2 Å². The first-order valence-corrected chi connectivity index (χ1v) is 13.4. The molecule has 5 rings (SSSR count). The van der Waals surface area contributed by atoms with Gasteiger partial charge >= 0.3 is 0 Å². The van der Waals surface area contributed by atoms with Gasteiger partial charge in [0.25, 0.3) is 0 Å². The molecule has 0 aromatic heterocycles. The number of carbonyl (C=O) groups is 5. The second-order valence-electron chi connectivity index (χ2n) is 12.7. The fourth-order valence-electron chi connectivity index (χ4n) is 8.14. The molecule has 2 aromatic carbocycles. The molecule has 0 bridgehead atoms. The fraction of sp³-hybridized carbons (Fsp3) is 0.469. The van der Waals surface area contributed by atoms with Gasteiger partial charge in [-0.2, -0.15) is 0 Å². The van der Waals surface area contributed by atoms with Gasteiger partial charge < -0.3 is 10.2 Å². The third-order valence-electron chi connectivity index (χ3n) is 9.63. The molecule has 39 heavy (non-hydrogen) atoms. The number of rotatable bonds is 3. The van der Waals surface area contributed by atoms with Gasteiger partial charge in [0, 0.05) is 11.3 Å². The average Bonchev–Trinajstić information content (AvgIpc) is 2.82. The number of hydrogen-bond acceptors (Lipinski definition) is 7. The van der Waals surface area contributed by atoms with Crippen molar-refractivity contribution in [1.82, 2.24) is 0 Å². The lowest BCUT2D eigenvalue weighted by Crippen LogP contribution is -2.76. The molecule has 2 aromatic rings. The standard InChI is InChI=1S/C32H34O7/c1-15(2)24-26(35)22(17(4)33)28(37)32(39)29(38)25-27(36)23-20(13-30(25,5)14-31(24,32)6)19(11-12-21(23)34)18-9-7-16(3)8-10-18/h7-12,15,22,24-25,34,39H,13-14H2,1-6H3/t22?,24?,25?,30-,31-,32+/m1/s1. The van der Waals surface area contributed by atoms with Crippen LogP contribution in [0.2, 0.25) is 0 Å². The first-order chi connectivity index (χ1) is 18.1. The zero-order valence-electron chi connectivity index (χ0n) is 23.1. The average molecular weight is 531 g/mol. The molecule has 3 aliphatic rings. The summed E-state index contributed by atoms with van der Waals surface area (Å²) in [5.41, 5.74) is -1.98. The number of aliphatic hydroxyl groups is 1. The highest BCUT2D eigenvalue weighted by molar-refractivity contribution is 6.32. The molecule has 6 atom stereocenters. The molecule has 7 heteroatoms. The van der Waals surface area contributed by atoms with Crippen LogP contribution < -0.4 is 0 Å². The first-order valence-electron chi connectivity index (χ1n) is 13.4. The number of carbonyl (C=O) groups excluding carboxylic acids is 5. The normalized spacial score (nSPS) is 34.0. The van der Waals surface area contributed by atoms with E-state index in [1.54, 1.807) is 33.8 Å². The molecule has 2 N–H and O–H groups in total. The van der Waals surface area contributed by atoms with E-state index in [4.69, 9.17) is 0 Å². The van der Waals surface area contributed by atoms with Gasteiger partial charge in [-0.15, -0.1) is 0 Å². The Hall–Kier alpha value is -3.45. The third kappa shape index (κ3) is 3.41. The molecule has 3 aliphatic carbocycles. The van der Waals surface area contributed by atoms with Crippen molar-refractivity contribution in [2.45, 2.75) is 60.0 Å². The van der Waals surface area contributed by atoms with Crippen LogP contribution in [0, 0.1) is 41.4 Å². The smallest absolute Gasteiger partial charge is 0.190 e. The molecule has 0 amide bonds. The second kappa shape index (κ2) is 8.52. The summed E-state index contributed by atoms with van der Waals surface area (Å²) in [5, 5.41) is 22.9. The molecule has 0 spiro atoms. The molecule has 2 saturated carbocycles. The number of hydrogen-bond donors (Lipinski definition) is 2. The van der Waals surface area contributed by atoms with E-state index in [1.165, 1.54) is 6.07 Å². The summed E-state index contributed by atoms with van der Waals surface area (Å²) in [6.45, 7) is 9.98. The van der Waals surface area contributed by atoms with Gasteiger partial charge in [0.2, 0.25) is 0 Å². The molecule has 0 heterocycles. The van der Waals surface area contributed by atoms with E-state index < -0.39 is 63.1 Å². The Morgan fingerprint density at radius 3 is 2.15 bits per heavy atom. The Bertz CT molecular complexity index is 1470. The van der Waals surface area contributed by atoms with Crippen LogP contribution in [0.4, 0.5) is 0 Å². The van der Waals surface area contributed by atoms with Crippen LogP contribution in [0.3, 0.4) is 0 Å². The highest BCUT2D eigenvalue weighted by Gasteiger charge is 2.76. The Morgan fingerprint density at radius 2 is 1.59 bits per heavy atom. The first kappa shape index (κ1) is 27.1. The van der Waals surface area contributed by atoms with Gasteiger partial charge in [-0.3, -0.25) is 24.0 Å². The van der Waals surface area contributed by atoms with E-state index in [0.717, 1.165) is 23.6 Å². The van der Waals surface area contributed by atoms with Crippen molar-refractivity contribution >= 4 is 28.9 Å². The van der Waals surface area contributed by atoms with Gasteiger partial charge in [0.05, 0.1) is 11.5 Å². The van der Waals surface area contributed by atoms with Crippen LogP contribution in [-0.2, 0) is 25.6 Å². The SMILES string of the molecule is CC(=O)C1C(=O)C(C(C)C)[C@@]2(C)C[C@@]3(C)Cc4c(-c5ccc(C)cc5)ccc(O)c4C(=O)C3C(=O)[C@@]2(O)C1=O. The lowest BCUT2D eigenvalue weighted by molar-refractivity contribution is -0.205. The van der Waals surface area contributed by atoms with Crippen molar-refractivity contribution in [2.24, 2.45) is 34.5 Å². The molecular formula is C32H34O7. The molecule has 204 valence electrons. The zero-order valence-corrected chi connectivity index (χ0v) is 23.1. The van der Waals surface area contributed by atoms with Crippen LogP contribution in [0.5, 0.6) is 5.75 Å². The topological polar surface area (TPSA) is 126 Å². The minimum Gasteiger partial charge on any atom is -0.507 e. The number of phenolic OH excluding ortho intramolecular Hbond substituents is 1. The van der Waals surface area contributed by atoms with Crippen LogP contribution in [0.1, 0.15) is 62.5 Å². The van der Waals surface area contributed by atoms with Gasteiger partial charge in [-0.05, 0) is 60.8 Å². The Kier molecular flexibility index (Phi) is 5.93. The fourth-order valence-corrected chi connectivity index (χ4v) is 8.14. The maximum atomic E-state index is 14.3. The Labute approximate surface area is 227 Å². The molecule has 2 fully saturated rings. The van der Waals surface area contributed by atoms with E-state index in [0.29, 0.717) is 5.56 Å². The van der Waals surface area contributed by atoms with E-state index in [-0.39, 0.29) is 30.1 Å². The zero-order chi connectivity index (χ0) is 28.8. The quantitative estimate of drug-likeness (QED) is 0.573. The number of fused-ring (bicyclic) bond motifs is 3. The monoisotopic (exact) mass is 530 g/mol. The third-order valence-corrected chi connectivity index (χ3v) is 9.63. The Morgan fingerprint density at radius 1 is 0.974 bits per heavy atom. The number of ketones is 5. The highest BCUT2D eigenvalue weighted by atomic mass is 16.3. The minimum absolute atomic E-state index is 0.0129. The van der Waals surface area contributed by atoms with Gasteiger partial charge in [-0.25, -0.2) is 0 Å². The summed E-state index contributed by atoms with van der Waals surface area (Å²) in [6, 6.07) is 10.9. The largest absolute Gasteiger partial charge is 0.507 e. The molecular weight excluding hydrogens is 496 g/mol. The summed E-state index contributed by atoms with van der Waals surface area (Å²) < 4.78 is 0. The second-order valence-corrected chi connectivity index (χ2v) is 12.7. The van der Waals surface area contributed by atoms with Crippen LogP contribution in [-0.4, -0.2) is 44.7 Å². The lowest BCUT2D eigenvalue weighted by Gasteiger charge is -2.61. The molecule has 7 nitrogen and oxygen atoms in total. The summed E-state index contributed by atoms with van der Waals surface area (Å²) in [7, 11) is 0. The van der Waals surface area contributed by atoms with Crippen LogP contribution in [0.15, 0.2) is 36.4 Å². The van der Waals surface area contributed by atoms with Crippen LogP contribution >= 0.6 is 0 Å². The van der Waals surface area contributed by atoms with Crippen molar-refractivity contribution in [3.05, 3.63) is 53.1 Å². The van der Waals surface area contributed by atoms with Crippen molar-refractivity contribution in [2.75, 3.05) is 0 Å². The maximum Gasteiger partial charge on any atom is 0.190 e. The predicted molar refractivity (Wildman–Crippen MR) is 143 cm³/mol. The van der Waals surface area contributed by atoms with Gasteiger partial charge in [0.15, 0.2) is 28.7 Å². The van der Waals surface area contributed by atoms with Gasteiger partial charge in [-0.1, -0.05) is 63.6 Å². The van der Waals surface area contributed by atoms with Crippen molar-refractivity contribution in [1.29, 1.82) is 0 Å². The molecule has 0 radical (unpaired) electrons. The lowest BCUT2D eigenvalue weighted by atomic mass is 9.40.